The summed E-state index contributed by atoms with van der Waals surface area (Å²) in [7, 11) is 0. The van der Waals surface area contributed by atoms with Crippen LogP contribution in [0.3, 0.4) is 0 Å². The molecule has 0 bridgehead atoms. The van der Waals surface area contributed by atoms with Gasteiger partial charge in [0.1, 0.15) is 0 Å². The van der Waals surface area contributed by atoms with Crippen LogP contribution >= 0.6 is 11.3 Å². The third kappa shape index (κ3) is 4.66. The van der Waals surface area contributed by atoms with Crippen LogP contribution in [0.4, 0.5) is 5.13 Å². The van der Waals surface area contributed by atoms with Gasteiger partial charge >= 0.3 is 0 Å². The smallest absolute Gasteiger partial charge is 0.185 e. The Balaban J connectivity index is 1.84. The lowest BCUT2D eigenvalue weighted by molar-refractivity contribution is 0.232. The van der Waals surface area contributed by atoms with Gasteiger partial charge in [0.15, 0.2) is 5.13 Å². The predicted molar refractivity (Wildman–Crippen MR) is 92.2 cm³/mol. The maximum atomic E-state index is 4.80. The quantitative estimate of drug-likeness (QED) is 0.800. The molecule has 1 unspecified atom stereocenters. The number of nitrogens with one attached hydrogen (secondary N) is 1. The number of aromatic nitrogens is 1. The molecule has 0 amide bonds. The molecular formula is C16H30N4S. The van der Waals surface area contributed by atoms with E-state index in [1.54, 1.807) is 11.3 Å². The van der Waals surface area contributed by atoms with Crippen LogP contribution in [-0.2, 0) is 6.54 Å². The summed E-state index contributed by atoms with van der Waals surface area (Å²) in [6, 6.07) is 0.700. The lowest BCUT2D eigenvalue weighted by Gasteiger charge is -2.25. The van der Waals surface area contributed by atoms with Crippen molar-refractivity contribution in [1.82, 2.24) is 15.2 Å². The second kappa shape index (κ2) is 8.11. The Kier molecular flexibility index (Phi) is 6.45. The lowest BCUT2D eigenvalue weighted by atomic mass is 10.2. The highest BCUT2D eigenvalue weighted by Crippen LogP contribution is 2.26. The van der Waals surface area contributed by atoms with E-state index in [0.717, 1.165) is 39.3 Å². The summed E-state index contributed by atoms with van der Waals surface area (Å²) in [5.74, 6) is 0.691. The summed E-state index contributed by atoms with van der Waals surface area (Å²) >= 11 is 1.79. The molecule has 1 aliphatic heterocycles. The molecule has 0 spiro atoms. The highest BCUT2D eigenvalue weighted by molar-refractivity contribution is 7.13. The van der Waals surface area contributed by atoms with E-state index in [9.17, 15) is 0 Å². The Labute approximate surface area is 133 Å². The molecule has 1 fully saturated rings. The van der Waals surface area contributed by atoms with Crippen molar-refractivity contribution in [2.75, 3.05) is 37.6 Å². The second-order valence-corrected chi connectivity index (χ2v) is 7.09. The number of likely N-dealkylation sites (N-methyl/N-ethyl adjacent to an activating group) is 1. The van der Waals surface area contributed by atoms with Crippen LogP contribution in [0, 0.1) is 5.92 Å². The van der Waals surface area contributed by atoms with Crippen molar-refractivity contribution < 1.29 is 0 Å². The zero-order chi connectivity index (χ0) is 15.2. The van der Waals surface area contributed by atoms with Crippen LogP contribution < -0.4 is 10.2 Å². The van der Waals surface area contributed by atoms with Crippen molar-refractivity contribution in [3.63, 3.8) is 0 Å². The SMILES string of the molecule is CCN(CC)C1CCN(c2nc(CNCC(C)C)cs2)C1. The minimum absolute atomic E-state index is 0.691. The van der Waals surface area contributed by atoms with Crippen molar-refractivity contribution in [2.45, 2.75) is 46.7 Å². The monoisotopic (exact) mass is 310 g/mol. The summed E-state index contributed by atoms with van der Waals surface area (Å²) in [6.45, 7) is 15.5. The fourth-order valence-electron chi connectivity index (χ4n) is 2.97. The van der Waals surface area contributed by atoms with E-state index >= 15 is 0 Å². The topological polar surface area (TPSA) is 31.4 Å². The summed E-state index contributed by atoms with van der Waals surface area (Å²) in [6.07, 6.45) is 1.27. The van der Waals surface area contributed by atoms with Crippen LogP contribution in [0.2, 0.25) is 0 Å². The van der Waals surface area contributed by atoms with E-state index in [1.807, 2.05) is 0 Å². The zero-order valence-corrected chi connectivity index (χ0v) is 14.7. The minimum atomic E-state index is 0.691. The molecule has 120 valence electrons. The van der Waals surface area contributed by atoms with E-state index in [1.165, 1.54) is 17.2 Å². The molecule has 0 aliphatic carbocycles. The fourth-order valence-corrected chi connectivity index (χ4v) is 3.83. The second-order valence-electron chi connectivity index (χ2n) is 6.26. The molecule has 21 heavy (non-hydrogen) atoms. The fraction of sp³-hybridized carbons (Fsp3) is 0.812. The van der Waals surface area contributed by atoms with Gasteiger partial charge in [-0.3, -0.25) is 4.90 Å². The first-order chi connectivity index (χ1) is 10.1. The zero-order valence-electron chi connectivity index (χ0n) is 13.9. The van der Waals surface area contributed by atoms with Crippen LogP contribution in [0.25, 0.3) is 0 Å². The minimum Gasteiger partial charge on any atom is -0.346 e. The first-order valence-corrected chi connectivity index (χ1v) is 9.16. The highest BCUT2D eigenvalue weighted by Gasteiger charge is 2.27. The van der Waals surface area contributed by atoms with Crippen LogP contribution in [0.5, 0.6) is 0 Å². The Bertz CT molecular complexity index is 414. The maximum absolute atomic E-state index is 4.80. The van der Waals surface area contributed by atoms with Gasteiger partial charge in [-0.25, -0.2) is 4.98 Å². The first-order valence-electron chi connectivity index (χ1n) is 8.28. The van der Waals surface area contributed by atoms with Crippen molar-refractivity contribution in [2.24, 2.45) is 5.92 Å². The molecule has 1 aromatic heterocycles. The van der Waals surface area contributed by atoms with Gasteiger partial charge in [0.2, 0.25) is 0 Å². The summed E-state index contributed by atoms with van der Waals surface area (Å²) in [4.78, 5) is 9.82. The highest BCUT2D eigenvalue weighted by atomic mass is 32.1. The molecule has 0 saturated carbocycles. The predicted octanol–water partition coefficient (Wildman–Crippen LogP) is 2.81. The molecular weight excluding hydrogens is 280 g/mol. The van der Waals surface area contributed by atoms with Crippen molar-refractivity contribution >= 4 is 16.5 Å². The lowest BCUT2D eigenvalue weighted by Crippen LogP contribution is -2.37. The van der Waals surface area contributed by atoms with E-state index in [-0.39, 0.29) is 0 Å². The number of anilines is 1. The van der Waals surface area contributed by atoms with Gasteiger partial charge in [0.25, 0.3) is 0 Å². The molecule has 1 N–H and O–H groups in total. The average Bonchev–Trinajstić information content (AvgIpc) is 3.09. The molecule has 1 aromatic rings. The van der Waals surface area contributed by atoms with Gasteiger partial charge in [0.05, 0.1) is 5.69 Å². The number of thiazole rings is 1. The van der Waals surface area contributed by atoms with E-state index in [2.05, 4.69) is 48.2 Å². The third-order valence-corrected chi connectivity index (χ3v) is 5.11. The Hall–Kier alpha value is -0.650. The summed E-state index contributed by atoms with van der Waals surface area (Å²) in [5, 5.41) is 6.87. The van der Waals surface area contributed by atoms with E-state index in [0.29, 0.717) is 12.0 Å². The molecule has 1 saturated heterocycles. The normalized spacial score (nSPS) is 19.1. The standard InChI is InChI=1S/C16H30N4S/c1-5-19(6-2)15-7-8-20(11-15)16-18-14(12-21-16)10-17-9-13(3)4/h12-13,15,17H,5-11H2,1-4H3. The largest absolute Gasteiger partial charge is 0.346 e. The summed E-state index contributed by atoms with van der Waals surface area (Å²) < 4.78 is 0. The number of rotatable bonds is 8. The van der Waals surface area contributed by atoms with Crippen LogP contribution in [-0.4, -0.2) is 48.6 Å². The molecule has 1 aliphatic rings. The Morgan fingerprint density at radius 2 is 2.19 bits per heavy atom. The third-order valence-electron chi connectivity index (χ3n) is 4.16. The maximum Gasteiger partial charge on any atom is 0.185 e. The molecule has 4 nitrogen and oxygen atoms in total. The number of hydrogen-bond acceptors (Lipinski definition) is 5. The molecule has 2 rings (SSSR count). The molecule has 0 radical (unpaired) electrons. The molecule has 1 atom stereocenters. The van der Waals surface area contributed by atoms with Gasteiger partial charge in [-0.2, -0.15) is 0 Å². The van der Waals surface area contributed by atoms with Crippen molar-refractivity contribution in [1.29, 1.82) is 0 Å². The van der Waals surface area contributed by atoms with Gasteiger partial charge in [0, 0.05) is 31.1 Å². The summed E-state index contributed by atoms with van der Waals surface area (Å²) in [5.41, 5.74) is 1.18. The van der Waals surface area contributed by atoms with Crippen molar-refractivity contribution in [3.05, 3.63) is 11.1 Å². The Morgan fingerprint density at radius 3 is 2.86 bits per heavy atom. The van der Waals surface area contributed by atoms with Crippen LogP contribution in [0.15, 0.2) is 5.38 Å². The van der Waals surface area contributed by atoms with Gasteiger partial charge in [-0.1, -0.05) is 27.7 Å². The molecule has 5 heteroatoms. The van der Waals surface area contributed by atoms with E-state index < -0.39 is 0 Å². The van der Waals surface area contributed by atoms with Gasteiger partial charge in [-0.05, 0) is 32.0 Å². The first kappa shape index (κ1) is 16.7. The number of nitrogens with zero attached hydrogens (tertiary/aromatic N) is 3. The average molecular weight is 311 g/mol. The number of hydrogen-bond donors (Lipinski definition) is 1. The van der Waals surface area contributed by atoms with Crippen LogP contribution in [0.1, 0.15) is 39.8 Å². The van der Waals surface area contributed by atoms with Gasteiger partial charge in [-0.15, -0.1) is 11.3 Å². The Morgan fingerprint density at radius 1 is 1.43 bits per heavy atom. The van der Waals surface area contributed by atoms with Crippen molar-refractivity contribution in [3.8, 4) is 0 Å². The van der Waals surface area contributed by atoms with E-state index in [4.69, 9.17) is 4.98 Å². The molecule has 0 aromatic carbocycles. The molecule has 2 heterocycles. The van der Waals surface area contributed by atoms with Gasteiger partial charge < -0.3 is 10.2 Å².